The summed E-state index contributed by atoms with van der Waals surface area (Å²) in [6, 6.07) is 11.3. The molecule has 1 amide bonds. The number of pyridine rings is 1. The first-order valence-electron chi connectivity index (χ1n) is 11.0. The van der Waals surface area contributed by atoms with Gasteiger partial charge in [0.1, 0.15) is 13.2 Å². The van der Waals surface area contributed by atoms with Crippen LogP contribution in [0.2, 0.25) is 0 Å². The Balaban J connectivity index is 1.24. The number of likely N-dealkylation sites (tertiary alicyclic amines) is 1. The van der Waals surface area contributed by atoms with Crippen molar-refractivity contribution in [2.45, 2.75) is 24.9 Å². The molecule has 1 aromatic carbocycles. The molecule has 0 spiro atoms. The number of hydrazine groups is 1. The van der Waals surface area contributed by atoms with Crippen LogP contribution in [0.25, 0.3) is 0 Å². The normalized spacial score (nSPS) is 28.8. The second kappa shape index (κ2) is 7.39. The van der Waals surface area contributed by atoms with Crippen molar-refractivity contribution in [3.63, 3.8) is 0 Å². The fraction of sp³-hybridized carbons (Fsp3) is 0.478. The van der Waals surface area contributed by atoms with E-state index in [0.717, 1.165) is 29.2 Å². The summed E-state index contributed by atoms with van der Waals surface area (Å²) in [5, 5.41) is 0. The molecule has 0 radical (unpaired) electrons. The molecule has 4 atom stereocenters. The van der Waals surface area contributed by atoms with E-state index in [0.29, 0.717) is 45.3 Å². The van der Waals surface area contributed by atoms with Crippen LogP contribution in [-0.2, 0) is 11.3 Å². The van der Waals surface area contributed by atoms with E-state index in [1.807, 2.05) is 39.8 Å². The number of hydrogen-bond donors (Lipinski definition) is 2. The van der Waals surface area contributed by atoms with Crippen molar-refractivity contribution in [3.05, 3.63) is 58.0 Å². The van der Waals surface area contributed by atoms with Gasteiger partial charge in [-0.15, -0.1) is 0 Å². The zero-order valence-corrected chi connectivity index (χ0v) is 17.3. The van der Waals surface area contributed by atoms with Gasteiger partial charge in [-0.25, -0.2) is 5.43 Å². The lowest BCUT2D eigenvalue weighted by atomic mass is 9.82. The Labute approximate surface area is 180 Å². The molecule has 2 unspecified atom stereocenters. The smallest absolute Gasteiger partial charge is 0.250 e. The monoisotopic (exact) mass is 422 g/mol. The third kappa shape index (κ3) is 3.21. The highest BCUT2D eigenvalue weighted by Crippen LogP contribution is 2.38. The van der Waals surface area contributed by atoms with Crippen LogP contribution in [0.1, 0.15) is 29.6 Å². The van der Waals surface area contributed by atoms with Gasteiger partial charge in [-0.3, -0.25) is 15.0 Å². The highest BCUT2D eigenvalue weighted by molar-refractivity contribution is 5.81. The molecular weight excluding hydrogens is 396 g/mol. The summed E-state index contributed by atoms with van der Waals surface area (Å²) >= 11 is 0. The molecule has 162 valence electrons. The summed E-state index contributed by atoms with van der Waals surface area (Å²) in [5.74, 6) is 2.00. The maximum atomic E-state index is 13.6. The second-order valence-electron chi connectivity index (χ2n) is 8.95. The van der Waals surface area contributed by atoms with Gasteiger partial charge in [0.2, 0.25) is 5.91 Å². The predicted octanol–water partition coefficient (Wildman–Crippen LogP) is 1.03. The molecule has 31 heavy (non-hydrogen) atoms. The van der Waals surface area contributed by atoms with E-state index in [9.17, 15) is 9.59 Å². The van der Waals surface area contributed by atoms with Crippen LogP contribution < -0.4 is 25.9 Å². The van der Waals surface area contributed by atoms with Gasteiger partial charge in [0.05, 0.1) is 12.0 Å². The third-order valence-electron chi connectivity index (χ3n) is 7.02. The van der Waals surface area contributed by atoms with Crippen LogP contribution >= 0.6 is 0 Å². The van der Waals surface area contributed by atoms with Gasteiger partial charge in [0, 0.05) is 43.9 Å². The molecule has 6 rings (SSSR count). The molecule has 2 saturated heterocycles. The molecule has 8 nitrogen and oxygen atoms in total. The molecule has 4 aliphatic rings. The Bertz CT molecular complexity index is 1080. The van der Waals surface area contributed by atoms with Gasteiger partial charge in [-0.1, -0.05) is 12.1 Å². The van der Waals surface area contributed by atoms with Gasteiger partial charge in [-0.2, -0.15) is 0 Å². The molecule has 2 fully saturated rings. The topological polar surface area (TPSA) is 84.8 Å². The number of aromatic nitrogens is 1. The van der Waals surface area contributed by atoms with Crippen molar-refractivity contribution < 1.29 is 14.3 Å². The molecule has 0 aliphatic carbocycles. The van der Waals surface area contributed by atoms with Crippen molar-refractivity contribution in [1.82, 2.24) is 20.3 Å². The van der Waals surface area contributed by atoms with Crippen LogP contribution in [0.3, 0.4) is 0 Å². The number of nitrogens with one attached hydrogen (secondary N) is 2. The fourth-order valence-electron chi connectivity index (χ4n) is 5.61. The number of carbonyl (C=O) groups is 1. The number of rotatable bonds is 2. The van der Waals surface area contributed by atoms with Gasteiger partial charge in [0.15, 0.2) is 11.5 Å². The van der Waals surface area contributed by atoms with Crippen molar-refractivity contribution in [2.75, 3.05) is 32.8 Å². The standard InChI is InChI=1S/C23H26N4O4/c28-21-3-1-2-18-16-8-14(12-27(18)21)11-26(13-16)23(29)17-10-24-25-22(17)15-4-5-19-20(9-15)31-7-6-30-19/h1-5,9,14,16-17,22,24-25H,6-8,10-13H2/t14-,16+,17?,22?/m1/s1. The molecular formula is C23H26N4O4. The number of hydrogen-bond acceptors (Lipinski definition) is 6. The van der Waals surface area contributed by atoms with Gasteiger partial charge in [0.25, 0.3) is 5.56 Å². The maximum Gasteiger partial charge on any atom is 0.250 e. The highest BCUT2D eigenvalue weighted by atomic mass is 16.6. The molecule has 0 saturated carbocycles. The largest absolute Gasteiger partial charge is 0.486 e. The Morgan fingerprint density at radius 2 is 1.90 bits per heavy atom. The quantitative estimate of drug-likeness (QED) is 0.752. The fourth-order valence-corrected chi connectivity index (χ4v) is 5.61. The van der Waals surface area contributed by atoms with E-state index in [-0.39, 0.29) is 29.3 Å². The first-order valence-corrected chi connectivity index (χ1v) is 11.0. The van der Waals surface area contributed by atoms with Crippen LogP contribution in [0.4, 0.5) is 0 Å². The molecule has 8 heteroatoms. The predicted molar refractivity (Wildman–Crippen MR) is 113 cm³/mol. The number of nitrogens with zero attached hydrogens (tertiary/aromatic N) is 2. The van der Waals surface area contributed by atoms with Crippen molar-refractivity contribution in [3.8, 4) is 11.5 Å². The number of amides is 1. The lowest BCUT2D eigenvalue weighted by Gasteiger charge is -2.43. The van der Waals surface area contributed by atoms with E-state index in [4.69, 9.17) is 9.47 Å². The zero-order valence-electron chi connectivity index (χ0n) is 17.3. The summed E-state index contributed by atoms with van der Waals surface area (Å²) in [7, 11) is 0. The average molecular weight is 422 g/mol. The van der Waals surface area contributed by atoms with Gasteiger partial charge >= 0.3 is 0 Å². The highest BCUT2D eigenvalue weighted by Gasteiger charge is 2.42. The van der Waals surface area contributed by atoms with Gasteiger partial charge < -0.3 is 18.9 Å². The summed E-state index contributed by atoms with van der Waals surface area (Å²) in [6.45, 7) is 3.75. The number of carbonyl (C=O) groups excluding carboxylic acids is 1. The minimum atomic E-state index is -0.195. The maximum absolute atomic E-state index is 13.6. The molecule has 2 aromatic rings. The summed E-state index contributed by atoms with van der Waals surface area (Å²) in [6.07, 6.45) is 1.04. The molecule has 4 aliphatic heterocycles. The lowest BCUT2D eigenvalue weighted by Crippen LogP contribution is -2.51. The molecule has 5 heterocycles. The Hall–Kier alpha value is -2.84. The summed E-state index contributed by atoms with van der Waals surface area (Å²) in [4.78, 5) is 27.9. The van der Waals surface area contributed by atoms with E-state index in [1.165, 1.54) is 0 Å². The van der Waals surface area contributed by atoms with Crippen molar-refractivity contribution in [1.29, 1.82) is 0 Å². The zero-order chi connectivity index (χ0) is 20.9. The van der Waals surface area contributed by atoms with Crippen LogP contribution in [-0.4, -0.2) is 48.2 Å². The van der Waals surface area contributed by atoms with Crippen LogP contribution in [0.5, 0.6) is 11.5 Å². The summed E-state index contributed by atoms with van der Waals surface area (Å²) < 4.78 is 13.3. The third-order valence-corrected chi connectivity index (χ3v) is 7.02. The van der Waals surface area contributed by atoms with Crippen LogP contribution in [0, 0.1) is 11.8 Å². The molecule has 1 aromatic heterocycles. The Morgan fingerprint density at radius 1 is 1.03 bits per heavy atom. The average Bonchev–Trinajstić information content (AvgIpc) is 3.29. The van der Waals surface area contributed by atoms with Crippen molar-refractivity contribution in [2.24, 2.45) is 11.8 Å². The lowest BCUT2D eigenvalue weighted by molar-refractivity contribution is -0.138. The number of piperidine rings is 1. The first kappa shape index (κ1) is 18.9. The molecule has 2 bridgehead atoms. The summed E-state index contributed by atoms with van der Waals surface area (Å²) in [5.41, 5.74) is 8.61. The first-order chi connectivity index (χ1) is 15.2. The molecule has 2 N–H and O–H groups in total. The van der Waals surface area contributed by atoms with E-state index >= 15 is 0 Å². The van der Waals surface area contributed by atoms with E-state index in [1.54, 1.807) is 6.07 Å². The minimum absolute atomic E-state index is 0.0647. The van der Waals surface area contributed by atoms with E-state index in [2.05, 4.69) is 10.9 Å². The van der Waals surface area contributed by atoms with Crippen molar-refractivity contribution >= 4 is 5.91 Å². The SMILES string of the molecule is O=C(C1CNNC1c1ccc2c(c1)OCCO2)N1C[C@H]2C[C@@H](C1)c1cccc(=O)n1C2. The number of ether oxygens (including phenoxy) is 2. The Kier molecular flexibility index (Phi) is 4.50. The second-order valence-corrected chi connectivity index (χ2v) is 8.95. The minimum Gasteiger partial charge on any atom is -0.486 e. The number of benzene rings is 1. The number of fused-ring (bicyclic) bond motifs is 5. The van der Waals surface area contributed by atoms with E-state index < -0.39 is 0 Å². The van der Waals surface area contributed by atoms with Crippen LogP contribution in [0.15, 0.2) is 41.2 Å². The van der Waals surface area contributed by atoms with Gasteiger partial charge in [-0.05, 0) is 36.1 Å². The Morgan fingerprint density at radius 3 is 2.81 bits per heavy atom.